The van der Waals surface area contributed by atoms with E-state index in [1.807, 2.05) is 39.8 Å². The van der Waals surface area contributed by atoms with E-state index in [0.29, 0.717) is 33.9 Å². The zero-order valence-electron chi connectivity index (χ0n) is 17.4. The van der Waals surface area contributed by atoms with Crippen molar-refractivity contribution in [3.8, 4) is 17.5 Å². The molecule has 7 nitrogen and oxygen atoms in total. The Kier molecular flexibility index (Phi) is 5.31. The van der Waals surface area contributed by atoms with Gasteiger partial charge in [0.2, 0.25) is 10.0 Å². The van der Waals surface area contributed by atoms with Crippen LogP contribution in [-0.2, 0) is 10.0 Å². The number of hydrogen-bond acceptors (Lipinski definition) is 5. The predicted molar refractivity (Wildman–Crippen MR) is 119 cm³/mol. The van der Waals surface area contributed by atoms with Crippen molar-refractivity contribution in [1.82, 2.24) is 19.3 Å². The minimum Gasteiger partial charge on any atom is -0.291 e. The summed E-state index contributed by atoms with van der Waals surface area (Å²) in [6, 6.07) is 5.59. The molecule has 10 heteroatoms. The molecule has 5 rings (SSSR count). The van der Waals surface area contributed by atoms with Gasteiger partial charge in [0.1, 0.15) is 30.0 Å². The maximum absolute atomic E-state index is 12.8. The summed E-state index contributed by atoms with van der Waals surface area (Å²) in [5.41, 5.74) is 3.83. The average Bonchev–Trinajstić information content (AvgIpc) is 3.59. The molecule has 3 aromatic rings. The van der Waals surface area contributed by atoms with Crippen LogP contribution in [0.3, 0.4) is 0 Å². The molecule has 3 aromatic heterocycles. The van der Waals surface area contributed by atoms with Gasteiger partial charge in [-0.3, -0.25) is 9.55 Å². The number of fused-ring (bicyclic) bond motifs is 1. The zero-order valence-corrected chi connectivity index (χ0v) is 18.2. The number of nitriles is 1. The minimum atomic E-state index is -4.15. The Labute approximate surface area is 189 Å². The van der Waals surface area contributed by atoms with Gasteiger partial charge in [0, 0.05) is 23.5 Å². The molecule has 0 aromatic carbocycles. The summed E-state index contributed by atoms with van der Waals surface area (Å²) in [6.45, 7) is -2.32. The number of halogens is 2. The van der Waals surface area contributed by atoms with Crippen molar-refractivity contribution in [2.45, 2.75) is 29.7 Å². The van der Waals surface area contributed by atoms with Crippen molar-refractivity contribution < 1.29 is 17.2 Å². The van der Waals surface area contributed by atoms with Crippen LogP contribution in [0.25, 0.3) is 28.1 Å². The van der Waals surface area contributed by atoms with Crippen LogP contribution < -0.4 is 4.72 Å². The van der Waals surface area contributed by atoms with E-state index in [0.717, 1.165) is 30.3 Å². The van der Waals surface area contributed by atoms with Gasteiger partial charge in [0.15, 0.2) is 0 Å². The lowest BCUT2D eigenvalue weighted by Gasteiger charge is -2.15. The second-order valence-electron chi connectivity index (χ2n) is 8.04. The molecule has 2 aliphatic rings. The lowest BCUT2D eigenvalue weighted by molar-refractivity contribution is 0.334. The molecule has 168 valence electrons. The summed E-state index contributed by atoms with van der Waals surface area (Å²) in [5, 5.41) is 10.7. The molecule has 0 unspecified atom stereocenters. The van der Waals surface area contributed by atoms with Crippen LogP contribution in [0.1, 0.15) is 29.9 Å². The monoisotopic (exact) mass is 467 g/mol. The van der Waals surface area contributed by atoms with E-state index in [1.54, 1.807) is 0 Å². The third-order valence-corrected chi connectivity index (χ3v) is 7.27. The summed E-state index contributed by atoms with van der Waals surface area (Å²) in [5.74, 6) is 0.468. The van der Waals surface area contributed by atoms with Gasteiger partial charge in [0.05, 0.1) is 23.0 Å². The average molecular weight is 468 g/mol. The molecule has 1 N–H and O–H groups in total. The van der Waals surface area contributed by atoms with Gasteiger partial charge in [-0.25, -0.2) is 26.9 Å². The van der Waals surface area contributed by atoms with Crippen LogP contribution in [0.2, 0.25) is 0 Å². The minimum absolute atomic E-state index is 0.226. The summed E-state index contributed by atoms with van der Waals surface area (Å²) in [4.78, 5) is 8.71. The lowest BCUT2D eigenvalue weighted by atomic mass is 10.1. The lowest BCUT2D eigenvalue weighted by Crippen LogP contribution is -2.37. The maximum atomic E-state index is 12.8. The van der Waals surface area contributed by atoms with E-state index >= 15 is 0 Å². The van der Waals surface area contributed by atoms with Gasteiger partial charge in [-0.05, 0) is 54.7 Å². The smallest absolute Gasteiger partial charge is 0.242 e. The number of sulfonamides is 1. The van der Waals surface area contributed by atoms with Gasteiger partial charge >= 0.3 is 0 Å². The number of aromatic nitrogens is 3. The van der Waals surface area contributed by atoms with E-state index in [2.05, 4.69) is 16.0 Å². The van der Waals surface area contributed by atoms with Crippen molar-refractivity contribution in [2.24, 2.45) is 0 Å². The fraction of sp³-hybridized carbons (Fsp3) is 0.261. The number of nitrogens with zero attached hydrogens (tertiary/aromatic N) is 4. The maximum Gasteiger partial charge on any atom is 0.242 e. The van der Waals surface area contributed by atoms with Crippen molar-refractivity contribution in [3.05, 3.63) is 59.9 Å². The number of alkyl halides is 2. The van der Waals surface area contributed by atoms with E-state index in [-0.39, 0.29) is 4.90 Å². The Hall–Kier alpha value is -3.42. The van der Waals surface area contributed by atoms with Crippen LogP contribution in [0.5, 0.6) is 0 Å². The number of nitrogens with one attached hydrogen (secondary N) is 1. The van der Waals surface area contributed by atoms with Crippen molar-refractivity contribution in [2.75, 3.05) is 13.3 Å². The number of rotatable bonds is 8. The highest BCUT2D eigenvalue weighted by Crippen LogP contribution is 2.42. The normalized spacial score (nSPS) is 15.5. The largest absolute Gasteiger partial charge is 0.291 e. The molecule has 0 atom stereocenters. The van der Waals surface area contributed by atoms with Gasteiger partial charge < -0.3 is 0 Å². The Bertz CT molecular complexity index is 1440. The quantitative estimate of drug-likeness (QED) is 0.543. The molecule has 1 fully saturated rings. The van der Waals surface area contributed by atoms with E-state index in [9.17, 15) is 22.5 Å². The highest BCUT2D eigenvalue weighted by Gasteiger charge is 2.28. The van der Waals surface area contributed by atoms with Crippen molar-refractivity contribution in [1.29, 1.82) is 5.26 Å². The molecule has 0 aliphatic heterocycles. The Morgan fingerprint density at radius 1 is 1.21 bits per heavy atom. The van der Waals surface area contributed by atoms with Gasteiger partial charge in [-0.1, -0.05) is 6.08 Å². The molecular formula is C23H19F2N5O2S. The van der Waals surface area contributed by atoms with Crippen LogP contribution in [-0.4, -0.2) is 42.3 Å². The molecule has 0 bridgehead atoms. The predicted octanol–water partition coefficient (Wildman–Crippen LogP) is 3.84. The fourth-order valence-electron chi connectivity index (χ4n) is 3.83. The first kappa shape index (κ1) is 21.4. The van der Waals surface area contributed by atoms with Crippen molar-refractivity contribution >= 4 is 26.8 Å². The summed E-state index contributed by atoms with van der Waals surface area (Å²) < 4.78 is 54.3. The molecular weight excluding hydrogens is 448 g/mol. The first-order valence-electron chi connectivity index (χ1n) is 10.4. The van der Waals surface area contributed by atoms with Crippen LogP contribution in [0.15, 0.2) is 53.7 Å². The molecule has 0 radical (unpaired) electrons. The Morgan fingerprint density at radius 2 is 1.97 bits per heavy atom. The van der Waals surface area contributed by atoms with Gasteiger partial charge in [0.25, 0.3) is 0 Å². The summed E-state index contributed by atoms with van der Waals surface area (Å²) >= 11 is 0. The first-order chi connectivity index (χ1) is 16.0. The summed E-state index contributed by atoms with van der Waals surface area (Å²) in [7, 11) is -4.15. The Morgan fingerprint density at radius 3 is 2.52 bits per heavy atom. The number of hydrogen-bond donors (Lipinski definition) is 1. The number of allylic oxidation sites excluding steroid dienone is 4. The second-order valence-corrected chi connectivity index (χ2v) is 9.76. The standard InChI is InChI=1S/C23H19F2N5O2S/c24-9-16(10-25)29-33(31,32)18-6-7-21(27-13-18)22-20(11-26)19-8-15(14-4-5-14)12-28-23(19)30(22)17-2-1-3-17/h1-3,6-8,12-14,16,29H,4-5,9-10H2. The third kappa shape index (κ3) is 3.73. The number of pyridine rings is 2. The molecule has 0 amide bonds. The van der Waals surface area contributed by atoms with Crippen LogP contribution in [0, 0.1) is 11.3 Å². The fourth-order valence-corrected chi connectivity index (χ4v) is 4.97. The molecule has 1 saturated carbocycles. The molecule has 3 heterocycles. The first-order valence-corrected chi connectivity index (χ1v) is 11.9. The third-order valence-electron chi connectivity index (χ3n) is 5.77. The van der Waals surface area contributed by atoms with E-state index in [4.69, 9.17) is 0 Å². The highest BCUT2D eigenvalue weighted by molar-refractivity contribution is 7.89. The van der Waals surface area contributed by atoms with E-state index in [1.165, 1.54) is 12.1 Å². The van der Waals surface area contributed by atoms with Gasteiger partial charge in [-0.15, -0.1) is 0 Å². The summed E-state index contributed by atoms with van der Waals surface area (Å²) in [6.07, 6.45) is 10.8. The highest BCUT2D eigenvalue weighted by atomic mass is 32.2. The van der Waals surface area contributed by atoms with Crippen molar-refractivity contribution in [3.63, 3.8) is 0 Å². The molecule has 2 aliphatic carbocycles. The van der Waals surface area contributed by atoms with E-state index < -0.39 is 29.4 Å². The Balaban J connectivity index is 1.62. The zero-order chi connectivity index (χ0) is 23.2. The topological polar surface area (TPSA) is 101 Å². The van der Waals surface area contributed by atoms with Gasteiger partial charge in [-0.2, -0.15) is 5.26 Å². The molecule has 33 heavy (non-hydrogen) atoms. The molecule has 0 saturated heterocycles. The molecule has 0 spiro atoms. The van der Waals surface area contributed by atoms with Crippen LogP contribution in [0.4, 0.5) is 8.78 Å². The SMILES string of the molecule is N#Cc1c(-c2ccc(S(=O)(=O)NC(CF)CF)cn2)n(C2=CC=C2)c2ncc(C3CC3)cc12. The van der Waals surface area contributed by atoms with Crippen LogP contribution >= 0.6 is 0 Å². The second kappa shape index (κ2) is 8.17.